The van der Waals surface area contributed by atoms with Gasteiger partial charge in [0.05, 0.1) is 11.1 Å². The van der Waals surface area contributed by atoms with E-state index in [0.717, 1.165) is 0 Å². The first kappa shape index (κ1) is 18.8. The van der Waals surface area contributed by atoms with Gasteiger partial charge in [-0.2, -0.15) is 5.10 Å². The number of nitro groups is 1. The lowest BCUT2D eigenvalue weighted by Gasteiger charge is -2.03. The molecular weight excluding hydrogens is 362 g/mol. The van der Waals surface area contributed by atoms with E-state index in [1.165, 1.54) is 18.3 Å². The van der Waals surface area contributed by atoms with E-state index in [1.807, 2.05) is 30.3 Å². The molecule has 8 nitrogen and oxygen atoms in total. The Balaban J connectivity index is 1.56. The van der Waals surface area contributed by atoms with Crippen molar-refractivity contribution in [1.29, 1.82) is 0 Å². The number of ether oxygens (including phenoxy) is 1. The van der Waals surface area contributed by atoms with Gasteiger partial charge in [0, 0.05) is 17.2 Å². The van der Waals surface area contributed by atoms with E-state index in [4.69, 9.17) is 9.15 Å². The topological polar surface area (TPSA) is 107 Å². The van der Waals surface area contributed by atoms with Gasteiger partial charge in [-0.05, 0) is 31.2 Å². The van der Waals surface area contributed by atoms with Crippen LogP contribution in [-0.2, 0) is 6.61 Å². The molecule has 1 aromatic heterocycles. The highest BCUT2D eigenvalue weighted by molar-refractivity contribution is 5.92. The standard InChI is InChI=1S/C20H17N3O5/c1-14-7-8-15(11-18(14)23(25)26)12-21-22-20(24)19-10-9-17(28-19)13-27-16-5-3-2-4-6-16/h2-12H,13H2,1H3,(H,22,24)/b21-12-. The van der Waals surface area contributed by atoms with Crippen LogP contribution in [0, 0.1) is 17.0 Å². The average molecular weight is 379 g/mol. The van der Waals surface area contributed by atoms with E-state index < -0.39 is 10.8 Å². The van der Waals surface area contributed by atoms with Crippen LogP contribution in [0.2, 0.25) is 0 Å². The highest BCUT2D eigenvalue weighted by Gasteiger charge is 2.12. The van der Waals surface area contributed by atoms with E-state index in [-0.39, 0.29) is 18.1 Å². The average Bonchev–Trinajstić information content (AvgIpc) is 3.17. The number of para-hydroxylation sites is 1. The van der Waals surface area contributed by atoms with Crippen molar-refractivity contribution in [2.24, 2.45) is 5.10 Å². The summed E-state index contributed by atoms with van der Waals surface area (Å²) in [7, 11) is 0. The van der Waals surface area contributed by atoms with Crippen molar-refractivity contribution in [3.63, 3.8) is 0 Å². The van der Waals surface area contributed by atoms with Crippen molar-refractivity contribution in [2.45, 2.75) is 13.5 Å². The lowest BCUT2D eigenvalue weighted by atomic mass is 10.1. The summed E-state index contributed by atoms with van der Waals surface area (Å²) >= 11 is 0. The third-order valence-electron chi connectivity index (χ3n) is 3.82. The van der Waals surface area contributed by atoms with Crippen LogP contribution in [0.4, 0.5) is 5.69 Å². The fourth-order valence-electron chi connectivity index (χ4n) is 2.37. The first-order valence-electron chi connectivity index (χ1n) is 8.38. The SMILES string of the molecule is Cc1ccc(/C=N\NC(=O)c2ccc(COc3ccccc3)o2)cc1[N+](=O)[O-]. The van der Waals surface area contributed by atoms with E-state index in [1.54, 1.807) is 25.1 Å². The summed E-state index contributed by atoms with van der Waals surface area (Å²) in [5.41, 5.74) is 3.36. The minimum Gasteiger partial charge on any atom is -0.486 e. The zero-order chi connectivity index (χ0) is 19.9. The molecule has 0 saturated heterocycles. The molecule has 1 N–H and O–H groups in total. The van der Waals surface area contributed by atoms with Gasteiger partial charge in [-0.3, -0.25) is 14.9 Å². The second-order valence-corrected chi connectivity index (χ2v) is 5.87. The number of nitrogens with one attached hydrogen (secondary N) is 1. The molecule has 8 heteroatoms. The lowest BCUT2D eigenvalue weighted by molar-refractivity contribution is -0.385. The van der Waals surface area contributed by atoms with Crippen LogP contribution in [0.15, 0.2) is 70.2 Å². The molecule has 0 atom stereocenters. The monoisotopic (exact) mass is 379 g/mol. The number of benzene rings is 2. The summed E-state index contributed by atoms with van der Waals surface area (Å²) in [6.45, 7) is 1.84. The van der Waals surface area contributed by atoms with Crippen LogP contribution in [0.1, 0.15) is 27.4 Å². The summed E-state index contributed by atoms with van der Waals surface area (Å²) < 4.78 is 11.0. The zero-order valence-corrected chi connectivity index (χ0v) is 15.0. The first-order valence-corrected chi connectivity index (χ1v) is 8.38. The van der Waals surface area contributed by atoms with Gasteiger partial charge in [0.25, 0.3) is 5.69 Å². The van der Waals surface area contributed by atoms with Crippen LogP contribution >= 0.6 is 0 Å². The molecule has 1 heterocycles. The number of carbonyl (C=O) groups is 1. The summed E-state index contributed by atoms with van der Waals surface area (Å²) in [5.74, 6) is 0.733. The number of rotatable bonds is 7. The molecule has 3 aromatic rings. The Morgan fingerprint density at radius 1 is 1.21 bits per heavy atom. The Labute approximate surface area is 160 Å². The van der Waals surface area contributed by atoms with Crippen LogP contribution in [0.3, 0.4) is 0 Å². The highest BCUT2D eigenvalue weighted by atomic mass is 16.6. The third-order valence-corrected chi connectivity index (χ3v) is 3.82. The molecule has 0 bridgehead atoms. The smallest absolute Gasteiger partial charge is 0.307 e. The Bertz CT molecular complexity index is 1010. The van der Waals surface area contributed by atoms with Gasteiger partial charge in [0.1, 0.15) is 18.1 Å². The fraction of sp³-hybridized carbons (Fsp3) is 0.100. The number of nitrogens with zero attached hydrogens (tertiary/aromatic N) is 2. The molecule has 2 aromatic carbocycles. The Morgan fingerprint density at radius 3 is 2.75 bits per heavy atom. The summed E-state index contributed by atoms with van der Waals surface area (Å²) in [5, 5.41) is 14.8. The number of furan rings is 1. The molecule has 0 radical (unpaired) electrons. The molecule has 1 amide bonds. The van der Waals surface area contributed by atoms with Crippen molar-refractivity contribution in [3.8, 4) is 5.75 Å². The van der Waals surface area contributed by atoms with Crippen LogP contribution in [0.5, 0.6) is 5.75 Å². The van der Waals surface area contributed by atoms with Gasteiger partial charge in [-0.15, -0.1) is 0 Å². The fourth-order valence-corrected chi connectivity index (χ4v) is 2.37. The molecule has 0 aliphatic heterocycles. The van der Waals surface area contributed by atoms with Crippen LogP contribution < -0.4 is 10.2 Å². The molecule has 0 spiro atoms. The summed E-state index contributed by atoms with van der Waals surface area (Å²) in [6, 6.07) is 17.1. The van der Waals surface area contributed by atoms with E-state index in [0.29, 0.717) is 22.6 Å². The second-order valence-electron chi connectivity index (χ2n) is 5.87. The van der Waals surface area contributed by atoms with E-state index in [9.17, 15) is 14.9 Å². The minimum absolute atomic E-state index is 0.00984. The number of aryl methyl sites for hydroxylation is 1. The van der Waals surface area contributed by atoms with Crippen molar-refractivity contribution >= 4 is 17.8 Å². The largest absolute Gasteiger partial charge is 0.486 e. The summed E-state index contributed by atoms with van der Waals surface area (Å²) in [4.78, 5) is 22.6. The van der Waals surface area contributed by atoms with E-state index in [2.05, 4.69) is 10.5 Å². The number of nitro benzene ring substituents is 1. The van der Waals surface area contributed by atoms with Crippen molar-refractivity contribution in [2.75, 3.05) is 0 Å². The maximum Gasteiger partial charge on any atom is 0.307 e. The molecule has 0 unspecified atom stereocenters. The Kier molecular flexibility index (Phi) is 5.81. The van der Waals surface area contributed by atoms with E-state index >= 15 is 0 Å². The predicted octanol–water partition coefficient (Wildman–Crippen LogP) is 3.84. The summed E-state index contributed by atoms with van der Waals surface area (Å²) in [6.07, 6.45) is 1.33. The van der Waals surface area contributed by atoms with Gasteiger partial charge < -0.3 is 9.15 Å². The molecule has 28 heavy (non-hydrogen) atoms. The van der Waals surface area contributed by atoms with Gasteiger partial charge in [-0.1, -0.05) is 30.3 Å². The molecule has 0 fully saturated rings. The second kappa shape index (κ2) is 8.63. The van der Waals surface area contributed by atoms with Crippen molar-refractivity contribution in [1.82, 2.24) is 5.43 Å². The predicted molar refractivity (Wildman–Crippen MR) is 102 cm³/mol. The number of hydrogen-bond acceptors (Lipinski definition) is 6. The molecule has 0 aliphatic rings. The van der Waals surface area contributed by atoms with Crippen molar-refractivity contribution in [3.05, 3.63) is 93.4 Å². The molecule has 3 rings (SSSR count). The van der Waals surface area contributed by atoms with Gasteiger partial charge in [-0.25, -0.2) is 5.43 Å². The first-order chi connectivity index (χ1) is 13.5. The lowest BCUT2D eigenvalue weighted by Crippen LogP contribution is -2.16. The number of carbonyl (C=O) groups excluding carboxylic acids is 1. The third kappa shape index (κ3) is 4.82. The number of hydrazone groups is 1. The molecule has 0 aliphatic carbocycles. The molecule has 0 saturated carbocycles. The maximum absolute atomic E-state index is 12.1. The molecule has 142 valence electrons. The number of hydrogen-bond donors (Lipinski definition) is 1. The molecular formula is C20H17N3O5. The highest BCUT2D eigenvalue weighted by Crippen LogP contribution is 2.18. The number of amides is 1. The maximum atomic E-state index is 12.1. The normalized spacial score (nSPS) is 10.8. The van der Waals surface area contributed by atoms with Gasteiger partial charge in [0.15, 0.2) is 5.76 Å². The Morgan fingerprint density at radius 2 is 2.00 bits per heavy atom. The van der Waals surface area contributed by atoms with Crippen LogP contribution in [0.25, 0.3) is 0 Å². The van der Waals surface area contributed by atoms with Gasteiger partial charge in [0.2, 0.25) is 0 Å². The zero-order valence-electron chi connectivity index (χ0n) is 15.0. The minimum atomic E-state index is -0.538. The van der Waals surface area contributed by atoms with Gasteiger partial charge >= 0.3 is 5.91 Å². The quantitative estimate of drug-likeness (QED) is 0.381. The van der Waals surface area contributed by atoms with Crippen LogP contribution in [-0.4, -0.2) is 17.0 Å². The van der Waals surface area contributed by atoms with Crippen molar-refractivity contribution < 1.29 is 18.9 Å². The Hall–Kier alpha value is -3.94.